The van der Waals surface area contributed by atoms with E-state index in [0.29, 0.717) is 37.5 Å². The van der Waals surface area contributed by atoms with Crippen LogP contribution in [0, 0.1) is 0 Å². The van der Waals surface area contributed by atoms with Crippen LogP contribution in [0.3, 0.4) is 0 Å². The lowest BCUT2D eigenvalue weighted by Crippen LogP contribution is -2.31. The highest BCUT2D eigenvalue weighted by Crippen LogP contribution is 2.40. The van der Waals surface area contributed by atoms with Crippen molar-refractivity contribution in [2.24, 2.45) is 0 Å². The molecule has 1 aliphatic rings. The second-order valence-corrected chi connectivity index (χ2v) is 8.20. The van der Waals surface area contributed by atoms with Gasteiger partial charge in [-0.2, -0.15) is 0 Å². The summed E-state index contributed by atoms with van der Waals surface area (Å²) in [5, 5.41) is 11.1. The number of nitrogens with zero attached hydrogens (tertiary/aromatic N) is 1. The lowest BCUT2D eigenvalue weighted by molar-refractivity contribution is -0.140. The van der Waals surface area contributed by atoms with Crippen LogP contribution in [0.15, 0.2) is 54.1 Å². The molecule has 2 aromatic rings. The topological polar surface area (TPSA) is 85.3 Å². The minimum atomic E-state index is -0.711. The third kappa shape index (κ3) is 5.78. The highest BCUT2D eigenvalue weighted by molar-refractivity contribution is 6.46. The minimum absolute atomic E-state index is 0.0623. The first-order valence-corrected chi connectivity index (χ1v) is 11.7. The average Bonchev–Trinajstić information content (AvgIpc) is 3.12. The normalized spacial score (nSPS) is 17.3. The molecular formula is C27H33NO6. The summed E-state index contributed by atoms with van der Waals surface area (Å²) >= 11 is 0. The number of likely N-dealkylation sites (tertiary alicyclic amines) is 1. The molecule has 1 atom stereocenters. The molecule has 0 aliphatic carbocycles. The largest absolute Gasteiger partial charge is 0.507 e. The molecule has 34 heavy (non-hydrogen) atoms. The minimum Gasteiger partial charge on any atom is -0.507 e. The lowest BCUT2D eigenvalue weighted by Gasteiger charge is -2.25. The monoisotopic (exact) mass is 467 g/mol. The second kappa shape index (κ2) is 12.2. The molecule has 0 saturated carbocycles. The van der Waals surface area contributed by atoms with Crippen LogP contribution in [0.2, 0.25) is 0 Å². The van der Waals surface area contributed by atoms with Crippen LogP contribution in [0.1, 0.15) is 49.8 Å². The molecule has 1 saturated heterocycles. The molecule has 7 nitrogen and oxygen atoms in total. The zero-order chi connectivity index (χ0) is 24.5. The van der Waals surface area contributed by atoms with Crippen molar-refractivity contribution in [3.63, 3.8) is 0 Å². The number of unbranched alkanes of at least 4 members (excludes halogenated alkanes) is 2. The van der Waals surface area contributed by atoms with Crippen LogP contribution >= 0.6 is 0 Å². The fourth-order valence-electron chi connectivity index (χ4n) is 4.05. The Kier molecular flexibility index (Phi) is 9.10. The van der Waals surface area contributed by atoms with Crippen LogP contribution in [-0.2, 0) is 14.3 Å². The molecule has 0 spiro atoms. The maximum absolute atomic E-state index is 13.1. The van der Waals surface area contributed by atoms with Crippen LogP contribution < -0.4 is 9.47 Å². The van der Waals surface area contributed by atoms with Gasteiger partial charge in [-0.25, -0.2) is 0 Å². The lowest BCUT2D eigenvalue weighted by atomic mass is 9.95. The van der Waals surface area contributed by atoms with E-state index >= 15 is 0 Å². The summed E-state index contributed by atoms with van der Waals surface area (Å²) in [5.74, 6) is -0.298. The second-order valence-electron chi connectivity index (χ2n) is 8.20. The average molecular weight is 468 g/mol. The van der Waals surface area contributed by atoms with Crippen molar-refractivity contribution in [2.75, 3.05) is 34.0 Å². The van der Waals surface area contributed by atoms with Gasteiger partial charge in [0.05, 0.1) is 25.3 Å². The van der Waals surface area contributed by atoms with Crippen molar-refractivity contribution in [3.8, 4) is 11.5 Å². The van der Waals surface area contributed by atoms with Gasteiger partial charge >= 0.3 is 0 Å². The Morgan fingerprint density at radius 2 is 1.74 bits per heavy atom. The molecule has 0 aromatic heterocycles. The quantitative estimate of drug-likeness (QED) is 0.210. The van der Waals surface area contributed by atoms with Crippen LogP contribution in [0.4, 0.5) is 0 Å². The van der Waals surface area contributed by atoms with Gasteiger partial charge in [-0.3, -0.25) is 9.59 Å². The summed E-state index contributed by atoms with van der Waals surface area (Å²) in [7, 11) is 3.12. The van der Waals surface area contributed by atoms with E-state index in [-0.39, 0.29) is 11.3 Å². The molecule has 7 heteroatoms. The molecule has 3 rings (SSSR count). The van der Waals surface area contributed by atoms with E-state index in [9.17, 15) is 14.7 Å². The summed E-state index contributed by atoms with van der Waals surface area (Å²) in [6.07, 6.45) is 3.78. The first-order chi connectivity index (χ1) is 16.5. The van der Waals surface area contributed by atoms with Crippen molar-refractivity contribution in [1.29, 1.82) is 0 Å². The number of Topliss-reactive ketones (excluding diaryl/α,β-unsaturated/α-hetero) is 1. The van der Waals surface area contributed by atoms with Crippen LogP contribution in [0.5, 0.6) is 11.5 Å². The van der Waals surface area contributed by atoms with Crippen molar-refractivity contribution < 1.29 is 28.9 Å². The molecular weight excluding hydrogens is 434 g/mol. The van der Waals surface area contributed by atoms with Gasteiger partial charge in [-0.05, 0) is 42.7 Å². The fraction of sp³-hybridized carbons (Fsp3) is 0.407. The van der Waals surface area contributed by atoms with Crippen molar-refractivity contribution >= 4 is 17.4 Å². The van der Waals surface area contributed by atoms with Gasteiger partial charge in [0, 0.05) is 25.8 Å². The summed E-state index contributed by atoms with van der Waals surface area (Å²) < 4.78 is 16.2. The SMILES string of the molecule is CCCCCOc1ccc(C2/C(=C(\O)c3cccc(OC)c3)C(=O)C(=O)N2CCCOC)cc1. The molecule has 1 N–H and O–H groups in total. The third-order valence-electron chi connectivity index (χ3n) is 5.84. The summed E-state index contributed by atoms with van der Waals surface area (Å²) in [4.78, 5) is 27.5. The van der Waals surface area contributed by atoms with Crippen molar-refractivity contribution in [2.45, 2.75) is 38.6 Å². The number of aliphatic hydroxyl groups is 1. The number of hydrogen-bond acceptors (Lipinski definition) is 6. The number of benzene rings is 2. The first kappa shape index (κ1) is 25.3. The number of aliphatic hydroxyl groups excluding tert-OH is 1. The molecule has 1 fully saturated rings. The fourth-order valence-corrected chi connectivity index (χ4v) is 4.05. The van der Waals surface area contributed by atoms with Gasteiger partial charge in [-0.15, -0.1) is 0 Å². The first-order valence-electron chi connectivity index (χ1n) is 11.7. The molecule has 1 unspecified atom stereocenters. The number of ether oxygens (including phenoxy) is 3. The Hall–Kier alpha value is -3.32. The van der Waals surface area contributed by atoms with Gasteiger partial charge in [0.25, 0.3) is 11.7 Å². The van der Waals surface area contributed by atoms with Gasteiger partial charge in [0.2, 0.25) is 0 Å². The summed E-state index contributed by atoms with van der Waals surface area (Å²) in [6.45, 7) is 3.56. The molecule has 182 valence electrons. The van der Waals surface area contributed by atoms with E-state index in [1.165, 1.54) is 12.0 Å². The predicted octanol–water partition coefficient (Wildman–Crippen LogP) is 4.72. The highest BCUT2D eigenvalue weighted by Gasteiger charge is 2.45. The standard InChI is InChI=1S/C27H33NO6/c1-4-5-6-17-34-21-13-11-19(12-14-21)24-23(25(29)20-9-7-10-22(18-20)33-3)26(30)27(31)28(24)15-8-16-32-2/h7,9-14,18,24,29H,4-6,8,15-17H2,1-3H3/b25-23+. The van der Waals surface area contributed by atoms with Gasteiger partial charge < -0.3 is 24.2 Å². The zero-order valence-electron chi connectivity index (χ0n) is 20.1. The van der Waals surface area contributed by atoms with Gasteiger partial charge in [0.15, 0.2) is 0 Å². The smallest absolute Gasteiger partial charge is 0.295 e. The molecule has 0 radical (unpaired) electrons. The maximum atomic E-state index is 13.1. The van der Waals surface area contributed by atoms with E-state index < -0.39 is 17.7 Å². The van der Waals surface area contributed by atoms with Crippen LogP contribution in [-0.4, -0.2) is 55.7 Å². The number of carbonyl (C=O) groups excluding carboxylic acids is 2. The summed E-state index contributed by atoms with van der Waals surface area (Å²) in [6, 6.07) is 13.4. The number of amides is 1. The van der Waals surface area contributed by atoms with E-state index in [0.717, 1.165) is 30.6 Å². The Morgan fingerprint density at radius 1 is 0.971 bits per heavy atom. The summed E-state index contributed by atoms with van der Waals surface area (Å²) in [5.41, 5.74) is 1.20. The van der Waals surface area contributed by atoms with Crippen molar-refractivity contribution in [1.82, 2.24) is 4.90 Å². The van der Waals surface area contributed by atoms with E-state index in [1.807, 2.05) is 24.3 Å². The molecule has 2 aromatic carbocycles. The Morgan fingerprint density at radius 3 is 2.41 bits per heavy atom. The number of methoxy groups -OCH3 is 2. The number of ketones is 1. The number of hydrogen-bond donors (Lipinski definition) is 1. The van der Waals surface area contributed by atoms with Gasteiger partial charge in [-0.1, -0.05) is 44.0 Å². The van der Waals surface area contributed by atoms with E-state index in [4.69, 9.17) is 14.2 Å². The molecule has 1 heterocycles. The zero-order valence-corrected chi connectivity index (χ0v) is 20.1. The predicted molar refractivity (Wildman–Crippen MR) is 130 cm³/mol. The third-order valence-corrected chi connectivity index (χ3v) is 5.84. The van der Waals surface area contributed by atoms with Gasteiger partial charge in [0.1, 0.15) is 17.3 Å². The van der Waals surface area contributed by atoms with E-state index in [2.05, 4.69) is 6.92 Å². The molecule has 1 aliphatic heterocycles. The number of rotatable bonds is 12. The Labute approximate surface area is 200 Å². The molecule has 1 amide bonds. The number of carbonyl (C=O) groups is 2. The van der Waals surface area contributed by atoms with E-state index in [1.54, 1.807) is 31.4 Å². The Bertz CT molecular complexity index is 1010. The van der Waals surface area contributed by atoms with Crippen molar-refractivity contribution in [3.05, 3.63) is 65.2 Å². The Balaban J connectivity index is 1.98. The highest BCUT2D eigenvalue weighted by atomic mass is 16.5. The van der Waals surface area contributed by atoms with Crippen LogP contribution in [0.25, 0.3) is 5.76 Å². The molecule has 0 bridgehead atoms. The maximum Gasteiger partial charge on any atom is 0.295 e.